The average molecular weight is 356 g/mol. The van der Waals surface area contributed by atoms with Crippen LogP contribution in [0, 0.1) is 11.3 Å². The second-order valence-corrected chi connectivity index (χ2v) is 7.02. The maximum absolute atomic E-state index is 12.0. The molecule has 0 spiro atoms. The van der Waals surface area contributed by atoms with E-state index in [0.29, 0.717) is 23.4 Å². The van der Waals surface area contributed by atoms with Crippen molar-refractivity contribution >= 4 is 29.3 Å². The molecular weight excluding hydrogens is 342 g/mol. The van der Waals surface area contributed by atoms with Gasteiger partial charge in [0.2, 0.25) is 5.91 Å². The van der Waals surface area contributed by atoms with Gasteiger partial charge in [0.25, 0.3) is 5.65 Å². The molecule has 2 aromatic rings. The molecule has 2 atom stereocenters. The molecule has 4 heterocycles. The highest BCUT2D eigenvalue weighted by atomic mass is 32.2. The van der Waals surface area contributed by atoms with Crippen molar-refractivity contribution in [1.29, 1.82) is 5.26 Å². The molecule has 2 aromatic heterocycles. The molecule has 0 aromatic carbocycles. The summed E-state index contributed by atoms with van der Waals surface area (Å²) in [5.41, 5.74) is 7.83. The number of carboxylic acids is 1. The fraction of sp³-hybridized carbons (Fsp3) is 0.250. The molecule has 2 aliphatic rings. The molecule has 8 nitrogen and oxygen atoms in total. The summed E-state index contributed by atoms with van der Waals surface area (Å²) in [6.07, 6.45) is 5.34. The Bertz CT molecular complexity index is 989. The van der Waals surface area contributed by atoms with E-state index in [-0.39, 0.29) is 17.0 Å². The van der Waals surface area contributed by atoms with Crippen LogP contribution in [0.1, 0.15) is 5.56 Å². The normalized spacial score (nSPS) is 22.6. The SMILES string of the molecule is N#Cc1ccc2n(cc[n+]2CC2=C(C(=O)O)N3C(=O)[C@H](N)[C@@H]3SC2)c1. The molecule has 1 fully saturated rings. The number of thioether (sulfide) groups is 1. The number of nitriles is 1. The van der Waals surface area contributed by atoms with Crippen molar-refractivity contribution in [3.8, 4) is 6.07 Å². The van der Waals surface area contributed by atoms with Crippen molar-refractivity contribution < 1.29 is 19.3 Å². The lowest BCUT2D eigenvalue weighted by Crippen LogP contribution is -2.68. The number of nitrogens with zero attached hydrogens (tertiary/aromatic N) is 4. The van der Waals surface area contributed by atoms with Gasteiger partial charge in [0.1, 0.15) is 48.3 Å². The standard InChI is InChI=1S/C16H13N5O3S/c17-5-9-1-2-11-19(6-9)3-4-20(11)7-10-8-25-15-12(18)14(22)21(15)13(10)16(23)24/h1-4,6,12,15H,7-8,18H2/p+1/t12-,15-/m0/s1. The van der Waals surface area contributed by atoms with E-state index in [0.717, 1.165) is 5.65 Å². The lowest BCUT2D eigenvalue weighted by molar-refractivity contribution is -0.662. The zero-order chi connectivity index (χ0) is 17.7. The van der Waals surface area contributed by atoms with Gasteiger partial charge in [0, 0.05) is 17.4 Å². The van der Waals surface area contributed by atoms with Gasteiger partial charge in [-0.3, -0.25) is 9.69 Å². The molecule has 0 saturated carbocycles. The number of amides is 1. The molecule has 1 amide bonds. The summed E-state index contributed by atoms with van der Waals surface area (Å²) in [5.74, 6) is -0.960. The predicted molar refractivity (Wildman–Crippen MR) is 88.0 cm³/mol. The lowest BCUT2D eigenvalue weighted by atomic mass is 10.0. The second-order valence-electron chi connectivity index (χ2n) is 5.91. The minimum atomic E-state index is -1.11. The molecule has 0 radical (unpaired) electrons. The van der Waals surface area contributed by atoms with Crippen LogP contribution in [-0.4, -0.2) is 43.5 Å². The summed E-state index contributed by atoms with van der Waals surface area (Å²) < 4.78 is 3.70. The first-order chi connectivity index (χ1) is 12.0. The van der Waals surface area contributed by atoms with Gasteiger partial charge in [-0.05, 0) is 6.07 Å². The number of fused-ring (bicyclic) bond motifs is 2. The topological polar surface area (TPSA) is 116 Å². The molecule has 3 N–H and O–H groups in total. The highest BCUT2D eigenvalue weighted by molar-refractivity contribution is 8.00. The summed E-state index contributed by atoms with van der Waals surface area (Å²) in [4.78, 5) is 25.0. The van der Waals surface area contributed by atoms with Crippen molar-refractivity contribution in [3.05, 3.63) is 47.6 Å². The number of hydrogen-bond donors (Lipinski definition) is 2. The van der Waals surface area contributed by atoms with E-state index in [1.165, 1.54) is 16.7 Å². The van der Waals surface area contributed by atoms with Gasteiger partial charge in [-0.15, -0.1) is 11.8 Å². The van der Waals surface area contributed by atoms with Gasteiger partial charge in [-0.25, -0.2) is 13.8 Å². The maximum atomic E-state index is 12.0. The summed E-state index contributed by atoms with van der Waals surface area (Å²) in [5, 5.41) is 18.3. The summed E-state index contributed by atoms with van der Waals surface area (Å²) in [7, 11) is 0. The van der Waals surface area contributed by atoms with E-state index in [1.807, 2.05) is 21.2 Å². The molecule has 0 bridgehead atoms. The van der Waals surface area contributed by atoms with Crippen LogP contribution in [-0.2, 0) is 16.1 Å². The van der Waals surface area contributed by atoms with Crippen LogP contribution < -0.4 is 10.3 Å². The smallest absolute Gasteiger partial charge is 0.352 e. The number of carbonyl (C=O) groups excluding carboxylic acids is 1. The van der Waals surface area contributed by atoms with Gasteiger partial charge in [-0.2, -0.15) is 5.26 Å². The average Bonchev–Trinajstić information content (AvgIpc) is 3.02. The minimum Gasteiger partial charge on any atom is -0.477 e. The van der Waals surface area contributed by atoms with E-state index in [2.05, 4.69) is 6.07 Å². The Balaban J connectivity index is 1.73. The number of β-lactam (4-membered cyclic amide) rings is 1. The third-order valence-corrected chi connectivity index (χ3v) is 5.80. The van der Waals surface area contributed by atoms with Crippen molar-refractivity contribution in [2.45, 2.75) is 18.0 Å². The van der Waals surface area contributed by atoms with Gasteiger partial charge in [-0.1, -0.05) is 0 Å². The number of imidazole rings is 1. The van der Waals surface area contributed by atoms with E-state index in [4.69, 9.17) is 11.0 Å². The Kier molecular flexibility index (Phi) is 3.52. The molecule has 0 unspecified atom stereocenters. The van der Waals surface area contributed by atoms with Crippen LogP contribution in [0.25, 0.3) is 5.65 Å². The summed E-state index contributed by atoms with van der Waals surface area (Å²) in [6.45, 7) is 0.350. The number of carbonyl (C=O) groups is 2. The van der Waals surface area contributed by atoms with Gasteiger partial charge < -0.3 is 10.8 Å². The van der Waals surface area contributed by atoms with E-state index < -0.39 is 12.0 Å². The Morgan fingerprint density at radius 2 is 2.32 bits per heavy atom. The van der Waals surface area contributed by atoms with E-state index >= 15 is 0 Å². The van der Waals surface area contributed by atoms with Crippen molar-refractivity contribution in [1.82, 2.24) is 9.30 Å². The Labute approximate surface area is 146 Å². The Hall–Kier alpha value is -2.83. The second kappa shape index (κ2) is 5.61. The minimum absolute atomic E-state index is 0.0379. The van der Waals surface area contributed by atoms with Crippen LogP contribution in [0.15, 0.2) is 42.0 Å². The monoisotopic (exact) mass is 356 g/mol. The number of aromatic nitrogens is 2. The van der Waals surface area contributed by atoms with Gasteiger partial charge in [0.15, 0.2) is 0 Å². The molecule has 1 saturated heterocycles. The van der Waals surface area contributed by atoms with Crippen LogP contribution in [0.3, 0.4) is 0 Å². The first-order valence-corrected chi connectivity index (χ1v) is 8.62. The van der Waals surface area contributed by atoms with E-state index in [1.54, 1.807) is 18.5 Å². The highest BCUT2D eigenvalue weighted by Gasteiger charge is 2.51. The van der Waals surface area contributed by atoms with Gasteiger partial charge in [0.05, 0.1) is 5.56 Å². The molecule has 0 aliphatic carbocycles. The number of carboxylic acid groups (broad SMARTS) is 1. The predicted octanol–water partition coefficient (Wildman–Crippen LogP) is -0.320. The van der Waals surface area contributed by atoms with E-state index in [9.17, 15) is 14.7 Å². The van der Waals surface area contributed by atoms with Crippen LogP contribution in [0.2, 0.25) is 0 Å². The number of nitrogens with two attached hydrogens (primary N) is 1. The third kappa shape index (κ3) is 2.30. The molecule has 126 valence electrons. The first kappa shape index (κ1) is 15.7. The number of pyridine rings is 1. The highest BCUT2D eigenvalue weighted by Crippen LogP contribution is 2.39. The van der Waals surface area contributed by atoms with Crippen molar-refractivity contribution in [2.24, 2.45) is 5.73 Å². The molecule has 25 heavy (non-hydrogen) atoms. The summed E-state index contributed by atoms with van der Waals surface area (Å²) in [6, 6.07) is 4.97. The van der Waals surface area contributed by atoms with Crippen LogP contribution in [0.5, 0.6) is 0 Å². The Morgan fingerprint density at radius 1 is 1.52 bits per heavy atom. The number of hydrogen-bond acceptors (Lipinski definition) is 5. The van der Waals surface area contributed by atoms with Crippen LogP contribution in [0.4, 0.5) is 0 Å². The third-order valence-electron chi connectivity index (χ3n) is 4.44. The zero-order valence-corrected chi connectivity index (χ0v) is 13.8. The number of aliphatic carboxylic acids is 1. The zero-order valence-electron chi connectivity index (χ0n) is 13.0. The maximum Gasteiger partial charge on any atom is 0.352 e. The largest absolute Gasteiger partial charge is 0.477 e. The van der Waals surface area contributed by atoms with Gasteiger partial charge >= 0.3 is 5.97 Å². The fourth-order valence-corrected chi connectivity index (χ4v) is 4.49. The quantitative estimate of drug-likeness (QED) is 0.575. The lowest BCUT2D eigenvalue weighted by Gasteiger charge is -2.47. The summed E-state index contributed by atoms with van der Waals surface area (Å²) >= 11 is 1.48. The molecule has 9 heteroatoms. The molecule has 4 rings (SSSR count). The fourth-order valence-electron chi connectivity index (χ4n) is 3.21. The van der Waals surface area contributed by atoms with Crippen molar-refractivity contribution in [2.75, 3.05) is 5.75 Å². The van der Waals surface area contributed by atoms with Crippen molar-refractivity contribution in [3.63, 3.8) is 0 Å². The Morgan fingerprint density at radius 3 is 3.04 bits per heavy atom. The first-order valence-electron chi connectivity index (χ1n) is 7.57. The molecule has 2 aliphatic heterocycles. The molecular formula is C16H14N5O3S+. The van der Waals surface area contributed by atoms with Crippen LogP contribution >= 0.6 is 11.8 Å². The number of rotatable bonds is 3.